The highest BCUT2D eigenvalue weighted by molar-refractivity contribution is 7.89. The van der Waals surface area contributed by atoms with Gasteiger partial charge in [-0.15, -0.1) is 0 Å². The molecule has 6 nitrogen and oxygen atoms in total. The predicted octanol–water partition coefficient (Wildman–Crippen LogP) is -0.344. The highest BCUT2D eigenvalue weighted by Crippen LogP contribution is 2.23. The molecular weight excluding hydrogens is 266 g/mol. The number of carbonyl (C=O) groups is 1. The number of nitrogens with zero attached hydrogens (tertiary/aromatic N) is 1. The summed E-state index contributed by atoms with van der Waals surface area (Å²) in [5, 5.41) is 2.84. The fourth-order valence-corrected chi connectivity index (χ4v) is 4.39. The van der Waals surface area contributed by atoms with Gasteiger partial charge in [0.15, 0.2) is 0 Å². The molecule has 1 aliphatic heterocycles. The van der Waals surface area contributed by atoms with Gasteiger partial charge in [0.05, 0.1) is 5.75 Å². The summed E-state index contributed by atoms with van der Waals surface area (Å²) in [6.07, 6.45) is 4.32. The molecule has 2 atom stereocenters. The molecule has 1 aliphatic carbocycles. The van der Waals surface area contributed by atoms with Gasteiger partial charge in [0, 0.05) is 31.6 Å². The van der Waals surface area contributed by atoms with E-state index in [2.05, 4.69) is 5.32 Å². The van der Waals surface area contributed by atoms with Crippen LogP contribution in [0.5, 0.6) is 0 Å². The summed E-state index contributed by atoms with van der Waals surface area (Å²) in [6.45, 7) is 1.35. The van der Waals surface area contributed by atoms with Crippen molar-refractivity contribution in [2.75, 3.05) is 25.4 Å². The number of hydrogen-bond acceptors (Lipinski definition) is 4. The van der Waals surface area contributed by atoms with E-state index in [1.54, 1.807) is 0 Å². The van der Waals surface area contributed by atoms with Crippen LogP contribution in [0.15, 0.2) is 0 Å². The maximum Gasteiger partial charge on any atom is 0.223 e. The van der Waals surface area contributed by atoms with Crippen molar-refractivity contribution in [1.82, 2.24) is 9.62 Å². The SMILES string of the molecule is NC1CCCC(C(=O)NCCN2CCCS2(=O)=O)C1. The van der Waals surface area contributed by atoms with Gasteiger partial charge in [-0.1, -0.05) is 6.42 Å². The van der Waals surface area contributed by atoms with Gasteiger partial charge in [0.25, 0.3) is 0 Å². The van der Waals surface area contributed by atoms with Crippen molar-refractivity contribution in [3.8, 4) is 0 Å². The van der Waals surface area contributed by atoms with Crippen LogP contribution in [-0.2, 0) is 14.8 Å². The predicted molar refractivity (Wildman–Crippen MR) is 72.9 cm³/mol. The largest absolute Gasteiger partial charge is 0.355 e. The van der Waals surface area contributed by atoms with Crippen LogP contribution in [0.4, 0.5) is 0 Å². The minimum absolute atomic E-state index is 0.000986. The Labute approximate surface area is 114 Å². The molecule has 1 heterocycles. The average molecular weight is 289 g/mol. The maximum atomic E-state index is 11.9. The molecule has 1 amide bonds. The third kappa shape index (κ3) is 3.90. The highest BCUT2D eigenvalue weighted by atomic mass is 32.2. The topological polar surface area (TPSA) is 92.5 Å². The van der Waals surface area contributed by atoms with E-state index >= 15 is 0 Å². The number of hydrogen-bond donors (Lipinski definition) is 2. The lowest BCUT2D eigenvalue weighted by molar-refractivity contribution is -0.126. The number of sulfonamides is 1. The summed E-state index contributed by atoms with van der Waals surface area (Å²) in [7, 11) is -3.06. The molecule has 0 spiro atoms. The molecule has 7 heteroatoms. The Bertz CT molecular complexity index is 424. The first-order valence-electron chi connectivity index (χ1n) is 7.00. The Balaban J connectivity index is 1.72. The summed E-state index contributed by atoms with van der Waals surface area (Å²) in [5.74, 6) is 0.254. The second-order valence-corrected chi connectivity index (χ2v) is 7.57. The number of amides is 1. The second-order valence-electron chi connectivity index (χ2n) is 5.48. The molecule has 1 saturated carbocycles. The Hall–Kier alpha value is -0.660. The van der Waals surface area contributed by atoms with Crippen molar-refractivity contribution < 1.29 is 13.2 Å². The monoisotopic (exact) mass is 289 g/mol. The zero-order chi connectivity index (χ0) is 13.9. The van der Waals surface area contributed by atoms with E-state index in [1.807, 2.05) is 0 Å². The van der Waals surface area contributed by atoms with Crippen LogP contribution in [0.3, 0.4) is 0 Å². The molecule has 2 unspecified atom stereocenters. The lowest BCUT2D eigenvalue weighted by atomic mass is 9.85. The van der Waals surface area contributed by atoms with Gasteiger partial charge in [-0.05, 0) is 25.7 Å². The first-order chi connectivity index (χ1) is 8.99. The zero-order valence-corrected chi connectivity index (χ0v) is 12.0. The van der Waals surface area contributed by atoms with Crippen LogP contribution in [0, 0.1) is 5.92 Å². The van der Waals surface area contributed by atoms with Gasteiger partial charge in [-0.2, -0.15) is 0 Å². The summed E-state index contributed by atoms with van der Waals surface area (Å²) in [4.78, 5) is 11.9. The fraction of sp³-hybridized carbons (Fsp3) is 0.917. The molecule has 19 heavy (non-hydrogen) atoms. The molecule has 0 aromatic heterocycles. The molecule has 2 rings (SSSR count). The maximum absolute atomic E-state index is 11.9. The van der Waals surface area contributed by atoms with E-state index in [0.717, 1.165) is 25.7 Å². The molecule has 3 N–H and O–H groups in total. The van der Waals surface area contributed by atoms with E-state index in [4.69, 9.17) is 5.73 Å². The lowest BCUT2D eigenvalue weighted by Crippen LogP contribution is -2.41. The second kappa shape index (κ2) is 6.19. The first kappa shape index (κ1) is 14.7. The van der Waals surface area contributed by atoms with Gasteiger partial charge in [-0.25, -0.2) is 12.7 Å². The summed E-state index contributed by atoms with van der Waals surface area (Å²) in [5.41, 5.74) is 5.86. The van der Waals surface area contributed by atoms with Crippen LogP contribution in [-0.4, -0.2) is 50.1 Å². The van der Waals surface area contributed by atoms with Crippen LogP contribution < -0.4 is 11.1 Å². The van der Waals surface area contributed by atoms with Crippen molar-refractivity contribution in [1.29, 1.82) is 0 Å². The molecule has 0 bridgehead atoms. The van der Waals surface area contributed by atoms with Crippen LogP contribution in [0.25, 0.3) is 0 Å². The first-order valence-corrected chi connectivity index (χ1v) is 8.61. The molecule has 2 aliphatic rings. The van der Waals surface area contributed by atoms with Crippen molar-refractivity contribution in [2.24, 2.45) is 11.7 Å². The molecule has 0 aromatic rings. The highest BCUT2D eigenvalue weighted by Gasteiger charge is 2.28. The van der Waals surface area contributed by atoms with Crippen LogP contribution in [0.1, 0.15) is 32.1 Å². The van der Waals surface area contributed by atoms with Gasteiger partial charge in [0.2, 0.25) is 15.9 Å². The standard InChI is InChI=1S/C12H23N3O3S/c13-11-4-1-3-10(9-11)12(16)14-5-7-15-6-2-8-19(15,17)18/h10-11H,1-9,13H2,(H,14,16). The molecule has 0 aromatic carbocycles. The van der Waals surface area contributed by atoms with Gasteiger partial charge >= 0.3 is 0 Å². The molecule has 2 fully saturated rings. The molecule has 0 radical (unpaired) electrons. The summed E-state index contributed by atoms with van der Waals surface area (Å²) >= 11 is 0. The summed E-state index contributed by atoms with van der Waals surface area (Å²) < 4.78 is 24.6. The van der Waals surface area contributed by atoms with Gasteiger partial charge < -0.3 is 11.1 Å². The third-order valence-electron chi connectivity index (χ3n) is 3.95. The van der Waals surface area contributed by atoms with Crippen molar-refractivity contribution in [3.05, 3.63) is 0 Å². The smallest absolute Gasteiger partial charge is 0.223 e. The third-order valence-corrected chi connectivity index (χ3v) is 5.91. The number of carbonyl (C=O) groups excluding carboxylic acids is 1. The molecule has 110 valence electrons. The minimum Gasteiger partial charge on any atom is -0.355 e. The van der Waals surface area contributed by atoms with Crippen LogP contribution >= 0.6 is 0 Å². The van der Waals surface area contributed by atoms with E-state index in [0.29, 0.717) is 26.1 Å². The van der Waals surface area contributed by atoms with Crippen molar-refractivity contribution in [2.45, 2.75) is 38.1 Å². The fourth-order valence-electron chi connectivity index (χ4n) is 2.86. The minimum atomic E-state index is -3.06. The van der Waals surface area contributed by atoms with Crippen LogP contribution in [0.2, 0.25) is 0 Å². The lowest BCUT2D eigenvalue weighted by Gasteiger charge is -2.26. The number of nitrogens with two attached hydrogens (primary N) is 1. The van der Waals surface area contributed by atoms with Crippen molar-refractivity contribution >= 4 is 15.9 Å². The van der Waals surface area contributed by atoms with Crippen molar-refractivity contribution in [3.63, 3.8) is 0 Å². The normalized spacial score (nSPS) is 31.2. The quantitative estimate of drug-likeness (QED) is 0.740. The van der Waals surface area contributed by atoms with E-state index in [-0.39, 0.29) is 23.6 Å². The van der Waals surface area contributed by atoms with E-state index in [1.165, 1.54) is 4.31 Å². The van der Waals surface area contributed by atoms with Gasteiger partial charge in [-0.3, -0.25) is 4.79 Å². The van der Waals surface area contributed by atoms with Gasteiger partial charge in [0.1, 0.15) is 0 Å². The Morgan fingerprint density at radius 1 is 1.32 bits per heavy atom. The van der Waals surface area contributed by atoms with E-state index in [9.17, 15) is 13.2 Å². The number of rotatable bonds is 4. The summed E-state index contributed by atoms with van der Waals surface area (Å²) in [6, 6.07) is 0.128. The molecular formula is C12H23N3O3S. The Morgan fingerprint density at radius 3 is 2.74 bits per heavy atom. The van der Waals surface area contributed by atoms with E-state index < -0.39 is 10.0 Å². The zero-order valence-electron chi connectivity index (χ0n) is 11.2. The average Bonchev–Trinajstić information content (AvgIpc) is 2.69. The number of nitrogens with one attached hydrogen (secondary N) is 1. The molecule has 1 saturated heterocycles. The Kier molecular flexibility index (Phi) is 4.81. The Morgan fingerprint density at radius 2 is 2.11 bits per heavy atom.